The summed E-state index contributed by atoms with van der Waals surface area (Å²) in [6.07, 6.45) is 1.36. The van der Waals surface area contributed by atoms with Crippen LogP contribution in [0.2, 0.25) is 5.02 Å². The zero-order valence-corrected chi connectivity index (χ0v) is 21.4. The Morgan fingerprint density at radius 3 is 2.53 bits per heavy atom. The number of hydrazine groups is 1. The number of amides is 1. The highest BCUT2D eigenvalue weighted by Gasteiger charge is 2.35. The predicted octanol–water partition coefficient (Wildman–Crippen LogP) is 5.79. The number of hydrogen-bond donors (Lipinski definition) is 1. The van der Waals surface area contributed by atoms with Crippen LogP contribution in [0.15, 0.2) is 48.0 Å². The maximum atomic E-state index is 12.7. The molecular formula is C27H34ClN3O3. The molecule has 0 radical (unpaired) electrons. The van der Waals surface area contributed by atoms with Crippen LogP contribution in [-0.2, 0) is 11.3 Å². The van der Waals surface area contributed by atoms with Crippen molar-refractivity contribution in [3.8, 4) is 5.75 Å². The Bertz CT molecular complexity index is 1080. The molecule has 6 nitrogen and oxygen atoms in total. The van der Waals surface area contributed by atoms with Crippen molar-refractivity contribution >= 4 is 23.4 Å². The van der Waals surface area contributed by atoms with Crippen molar-refractivity contribution in [1.29, 1.82) is 0 Å². The highest BCUT2D eigenvalue weighted by atomic mass is 35.5. The smallest absolute Gasteiger partial charge is 0.410 e. The quantitative estimate of drug-likeness (QED) is 0.596. The first-order valence-corrected chi connectivity index (χ1v) is 12.2. The number of carbonyl (C=O) groups is 1. The summed E-state index contributed by atoms with van der Waals surface area (Å²) >= 11 is 6.19. The van der Waals surface area contributed by atoms with E-state index in [0.717, 1.165) is 30.7 Å². The van der Waals surface area contributed by atoms with Gasteiger partial charge in [0.2, 0.25) is 0 Å². The highest BCUT2D eigenvalue weighted by molar-refractivity contribution is 6.30. The Hall–Kier alpha value is -2.70. The lowest BCUT2D eigenvalue weighted by Gasteiger charge is -2.28. The molecule has 4 rings (SSSR count). The van der Waals surface area contributed by atoms with Gasteiger partial charge in [-0.25, -0.2) is 10.2 Å². The van der Waals surface area contributed by atoms with Crippen LogP contribution in [0, 0.1) is 6.92 Å². The Labute approximate surface area is 207 Å². The van der Waals surface area contributed by atoms with E-state index in [1.807, 2.05) is 43.9 Å². The fraction of sp³-hybridized carbons (Fsp3) is 0.444. The number of fused-ring (bicyclic) bond motifs is 1. The number of aryl methyl sites for hydroxylation is 1. The SMILES string of the molecule is COc1ccc(CN2NC3CCN(C(=O)OC(C)(C)C)CCC3=C2c2ccc(Cl)cc2)c(C)c1. The van der Waals surface area contributed by atoms with Crippen LogP contribution in [0.4, 0.5) is 4.79 Å². The third-order valence-electron chi connectivity index (χ3n) is 6.29. The zero-order valence-electron chi connectivity index (χ0n) is 20.7. The monoisotopic (exact) mass is 483 g/mol. The molecule has 34 heavy (non-hydrogen) atoms. The van der Waals surface area contributed by atoms with Gasteiger partial charge in [0.05, 0.1) is 25.4 Å². The van der Waals surface area contributed by atoms with Crippen LogP contribution in [0.25, 0.3) is 5.70 Å². The number of carbonyl (C=O) groups excluding carboxylic acids is 1. The summed E-state index contributed by atoms with van der Waals surface area (Å²) in [6.45, 7) is 9.83. The lowest BCUT2D eigenvalue weighted by Crippen LogP contribution is -2.40. The van der Waals surface area contributed by atoms with Gasteiger partial charge in [-0.05, 0) is 87.1 Å². The highest BCUT2D eigenvalue weighted by Crippen LogP contribution is 2.36. The molecule has 182 valence electrons. The van der Waals surface area contributed by atoms with E-state index in [1.54, 1.807) is 7.11 Å². The molecule has 2 aromatic carbocycles. The summed E-state index contributed by atoms with van der Waals surface area (Å²) in [6, 6.07) is 14.4. The number of methoxy groups -OCH3 is 1. The first-order chi connectivity index (χ1) is 16.1. The Morgan fingerprint density at radius 1 is 1.15 bits per heavy atom. The number of ether oxygens (including phenoxy) is 2. The van der Waals surface area contributed by atoms with Crippen molar-refractivity contribution < 1.29 is 14.3 Å². The topological polar surface area (TPSA) is 54.0 Å². The molecule has 0 saturated carbocycles. The summed E-state index contributed by atoms with van der Waals surface area (Å²) in [5, 5.41) is 2.97. The molecule has 1 N–H and O–H groups in total. The number of nitrogens with zero attached hydrogens (tertiary/aromatic N) is 2. The lowest BCUT2D eigenvalue weighted by atomic mass is 9.98. The molecule has 1 atom stereocenters. The van der Waals surface area contributed by atoms with E-state index in [9.17, 15) is 4.79 Å². The number of likely N-dealkylation sites (tertiary alicyclic amines) is 1. The van der Waals surface area contributed by atoms with Gasteiger partial charge in [0, 0.05) is 18.1 Å². The minimum absolute atomic E-state index is 0.164. The second-order valence-electron chi connectivity index (χ2n) is 9.95. The van der Waals surface area contributed by atoms with E-state index in [-0.39, 0.29) is 12.1 Å². The molecule has 2 aromatic rings. The summed E-state index contributed by atoms with van der Waals surface area (Å²) < 4.78 is 11.0. The van der Waals surface area contributed by atoms with Crippen LogP contribution < -0.4 is 10.2 Å². The second-order valence-corrected chi connectivity index (χ2v) is 10.4. The molecule has 0 aliphatic carbocycles. The Morgan fingerprint density at radius 2 is 1.88 bits per heavy atom. The Kier molecular flexibility index (Phi) is 7.10. The average molecular weight is 484 g/mol. The van der Waals surface area contributed by atoms with Gasteiger partial charge >= 0.3 is 6.09 Å². The first-order valence-electron chi connectivity index (χ1n) is 11.8. The normalized spacial score (nSPS) is 18.6. The van der Waals surface area contributed by atoms with Gasteiger partial charge in [0.1, 0.15) is 11.4 Å². The first kappa shape index (κ1) is 24.4. The maximum Gasteiger partial charge on any atom is 0.410 e. The minimum atomic E-state index is -0.502. The third kappa shape index (κ3) is 5.50. The van der Waals surface area contributed by atoms with E-state index in [2.05, 4.69) is 41.6 Å². The fourth-order valence-electron chi connectivity index (χ4n) is 4.58. The van der Waals surface area contributed by atoms with Crippen LogP contribution in [0.3, 0.4) is 0 Å². The number of rotatable bonds is 4. The Balaban J connectivity index is 1.63. The van der Waals surface area contributed by atoms with Crippen molar-refractivity contribution in [3.63, 3.8) is 0 Å². The van der Waals surface area contributed by atoms with Gasteiger partial charge in [0.15, 0.2) is 0 Å². The minimum Gasteiger partial charge on any atom is -0.497 e. The van der Waals surface area contributed by atoms with E-state index in [1.165, 1.54) is 22.4 Å². The average Bonchev–Trinajstić information content (AvgIpc) is 2.97. The van der Waals surface area contributed by atoms with Gasteiger partial charge < -0.3 is 19.4 Å². The second kappa shape index (κ2) is 9.88. The molecule has 1 amide bonds. The van der Waals surface area contributed by atoms with Crippen LogP contribution in [0.1, 0.15) is 50.3 Å². The molecule has 0 bridgehead atoms. The summed E-state index contributed by atoms with van der Waals surface area (Å²) in [7, 11) is 1.69. The number of nitrogens with one attached hydrogen (secondary N) is 1. The van der Waals surface area contributed by atoms with Crippen molar-refractivity contribution in [1.82, 2.24) is 15.3 Å². The van der Waals surface area contributed by atoms with Crippen molar-refractivity contribution in [2.45, 2.75) is 58.7 Å². The summed E-state index contributed by atoms with van der Waals surface area (Å²) in [5.41, 5.74) is 9.24. The van der Waals surface area contributed by atoms with Gasteiger partial charge in [-0.3, -0.25) is 0 Å². The molecule has 1 saturated heterocycles. The van der Waals surface area contributed by atoms with Crippen molar-refractivity contribution in [2.24, 2.45) is 0 Å². The largest absolute Gasteiger partial charge is 0.497 e. The van der Waals surface area contributed by atoms with Crippen LogP contribution >= 0.6 is 11.6 Å². The van der Waals surface area contributed by atoms with E-state index in [0.29, 0.717) is 18.1 Å². The molecule has 2 aliphatic heterocycles. The molecular weight excluding hydrogens is 450 g/mol. The summed E-state index contributed by atoms with van der Waals surface area (Å²) in [4.78, 5) is 14.5. The molecule has 1 unspecified atom stereocenters. The number of benzene rings is 2. The fourth-order valence-corrected chi connectivity index (χ4v) is 4.70. The third-order valence-corrected chi connectivity index (χ3v) is 6.54. The zero-order chi connectivity index (χ0) is 24.5. The van der Waals surface area contributed by atoms with Gasteiger partial charge in [0.25, 0.3) is 0 Å². The molecule has 7 heteroatoms. The van der Waals surface area contributed by atoms with E-state index < -0.39 is 5.60 Å². The van der Waals surface area contributed by atoms with E-state index in [4.69, 9.17) is 21.1 Å². The maximum absolute atomic E-state index is 12.7. The number of halogens is 1. The van der Waals surface area contributed by atoms with Gasteiger partial charge in [-0.1, -0.05) is 29.8 Å². The lowest BCUT2D eigenvalue weighted by molar-refractivity contribution is 0.0255. The molecule has 2 heterocycles. The standard InChI is InChI=1S/C27H34ClN3O3/c1-18-16-22(33-5)11-8-20(18)17-31-25(19-6-9-21(28)10-7-19)23-12-14-30(15-13-24(23)29-31)26(32)34-27(2,3)4/h6-11,16,24,29H,12-15,17H2,1-5H3. The molecule has 1 fully saturated rings. The van der Waals surface area contributed by atoms with Crippen molar-refractivity contribution in [2.75, 3.05) is 20.2 Å². The van der Waals surface area contributed by atoms with Gasteiger partial charge in [-0.15, -0.1) is 0 Å². The van der Waals surface area contributed by atoms with Crippen LogP contribution in [0.5, 0.6) is 5.75 Å². The van der Waals surface area contributed by atoms with E-state index >= 15 is 0 Å². The number of hydrogen-bond acceptors (Lipinski definition) is 5. The summed E-state index contributed by atoms with van der Waals surface area (Å²) in [5.74, 6) is 0.860. The molecule has 2 aliphatic rings. The molecule has 0 aromatic heterocycles. The van der Waals surface area contributed by atoms with Crippen LogP contribution in [-0.4, -0.2) is 47.8 Å². The predicted molar refractivity (Wildman–Crippen MR) is 136 cm³/mol. The molecule has 0 spiro atoms. The van der Waals surface area contributed by atoms with Crippen molar-refractivity contribution in [3.05, 3.63) is 69.8 Å². The van der Waals surface area contributed by atoms with Gasteiger partial charge in [-0.2, -0.15) is 0 Å².